The molecule has 1 atom stereocenters. The summed E-state index contributed by atoms with van der Waals surface area (Å²) in [5.41, 5.74) is 2.38. The van der Waals surface area contributed by atoms with Crippen LogP contribution in [0.5, 0.6) is 0 Å². The van der Waals surface area contributed by atoms with E-state index in [-0.39, 0.29) is 23.4 Å². The zero-order valence-corrected chi connectivity index (χ0v) is 19.0. The van der Waals surface area contributed by atoms with E-state index >= 15 is 0 Å². The molecule has 2 aromatic rings. The highest BCUT2D eigenvalue weighted by molar-refractivity contribution is 5.79. The molecular formula is C25H32N4O3. The molecule has 3 heterocycles. The van der Waals surface area contributed by atoms with Gasteiger partial charge in [0, 0.05) is 32.4 Å². The fourth-order valence-corrected chi connectivity index (χ4v) is 4.68. The number of nitrogens with one attached hydrogen (secondary N) is 1. The molecule has 7 heteroatoms. The number of rotatable bonds is 6. The molecule has 2 aliphatic rings. The van der Waals surface area contributed by atoms with Crippen molar-refractivity contribution >= 4 is 11.8 Å². The molecule has 2 aliphatic heterocycles. The number of benzene rings is 1. The van der Waals surface area contributed by atoms with Crippen molar-refractivity contribution in [2.75, 3.05) is 13.1 Å². The number of aromatic nitrogens is 2. The summed E-state index contributed by atoms with van der Waals surface area (Å²) in [6.07, 6.45) is 3.99. The van der Waals surface area contributed by atoms with Gasteiger partial charge in [-0.2, -0.15) is 0 Å². The van der Waals surface area contributed by atoms with E-state index in [1.807, 2.05) is 44.2 Å². The standard InChI is InChI=1S/C25H32N4O3/c1-17(2)13-23(30)26-15-19-9-6-10-22-27-21-11-12-28(16-20(21)25(32)29(19)22)24(31)14-18-7-4-3-5-8-18/h3-5,7-8,17,19H,6,9-16H2,1-2H3,(H,26,30)/t19-/m0/s1. The highest BCUT2D eigenvalue weighted by Crippen LogP contribution is 2.24. The monoisotopic (exact) mass is 436 g/mol. The quantitative estimate of drug-likeness (QED) is 0.754. The number of hydrogen-bond donors (Lipinski definition) is 1. The van der Waals surface area contributed by atoms with Gasteiger partial charge in [-0.1, -0.05) is 44.2 Å². The number of carbonyl (C=O) groups is 2. The fourth-order valence-electron chi connectivity index (χ4n) is 4.68. The minimum atomic E-state index is -0.0874. The molecule has 2 amide bonds. The van der Waals surface area contributed by atoms with Gasteiger partial charge in [-0.3, -0.25) is 19.0 Å². The molecule has 1 aromatic heterocycles. The lowest BCUT2D eigenvalue weighted by molar-refractivity contribution is -0.131. The number of aryl methyl sites for hydroxylation is 1. The van der Waals surface area contributed by atoms with Crippen molar-refractivity contribution in [1.29, 1.82) is 0 Å². The van der Waals surface area contributed by atoms with E-state index in [0.29, 0.717) is 50.4 Å². The largest absolute Gasteiger partial charge is 0.354 e. The maximum atomic E-state index is 13.5. The summed E-state index contributed by atoms with van der Waals surface area (Å²) in [7, 11) is 0. The van der Waals surface area contributed by atoms with Gasteiger partial charge in [-0.25, -0.2) is 4.98 Å². The average Bonchev–Trinajstić information content (AvgIpc) is 2.77. The first kappa shape index (κ1) is 22.2. The first-order chi connectivity index (χ1) is 15.4. The third-order valence-corrected chi connectivity index (χ3v) is 6.32. The Morgan fingerprint density at radius 2 is 1.97 bits per heavy atom. The molecule has 1 N–H and O–H groups in total. The van der Waals surface area contributed by atoms with Crippen molar-refractivity contribution in [1.82, 2.24) is 19.8 Å². The Bertz CT molecular complexity index is 1050. The van der Waals surface area contributed by atoms with Crippen LogP contribution in [0.25, 0.3) is 0 Å². The maximum absolute atomic E-state index is 13.5. The SMILES string of the molecule is CC(C)CC(=O)NC[C@@H]1CCCc2nc3c(c(=O)n21)CN(C(=O)Cc1ccccc1)CC3. The van der Waals surface area contributed by atoms with E-state index in [1.165, 1.54) is 0 Å². The minimum Gasteiger partial charge on any atom is -0.354 e. The summed E-state index contributed by atoms with van der Waals surface area (Å²) >= 11 is 0. The molecule has 0 saturated heterocycles. The Morgan fingerprint density at radius 1 is 1.19 bits per heavy atom. The summed E-state index contributed by atoms with van der Waals surface area (Å²) < 4.78 is 1.78. The van der Waals surface area contributed by atoms with Crippen molar-refractivity contribution in [3.63, 3.8) is 0 Å². The topological polar surface area (TPSA) is 84.3 Å². The first-order valence-corrected chi connectivity index (χ1v) is 11.6. The molecule has 32 heavy (non-hydrogen) atoms. The molecule has 0 unspecified atom stereocenters. The van der Waals surface area contributed by atoms with Gasteiger partial charge in [0.05, 0.1) is 30.3 Å². The number of hydrogen-bond acceptors (Lipinski definition) is 4. The molecule has 0 fully saturated rings. The van der Waals surface area contributed by atoms with Crippen LogP contribution < -0.4 is 10.9 Å². The van der Waals surface area contributed by atoms with Crippen LogP contribution in [0.1, 0.15) is 61.8 Å². The van der Waals surface area contributed by atoms with Crippen LogP contribution in [0, 0.1) is 5.92 Å². The van der Waals surface area contributed by atoms with Gasteiger partial charge in [-0.05, 0) is 24.3 Å². The average molecular weight is 437 g/mol. The van der Waals surface area contributed by atoms with E-state index in [1.54, 1.807) is 9.47 Å². The predicted octanol–water partition coefficient (Wildman–Crippen LogP) is 2.41. The lowest BCUT2D eigenvalue weighted by Crippen LogP contribution is -2.45. The molecule has 0 aliphatic carbocycles. The number of fused-ring (bicyclic) bond motifs is 2. The molecule has 1 aromatic carbocycles. The van der Waals surface area contributed by atoms with E-state index < -0.39 is 0 Å². The first-order valence-electron chi connectivity index (χ1n) is 11.6. The van der Waals surface area contributed by atoms with E-state index in [4.69, 9.17) is 4.98 Å². The van der Waals surface area contributed by atoms with E-state index in [2.05, 4.69) is 5.32 Å². The molecule has 0 spiro atoms. The summed E-state index contributed by atoms with van der Waals surface area (Å²) in [4.78, 5) is 45.1. The van der Waals surface area contributed by atoms with Crippen LogP contribution in [-0.4, -0.2) is 39.4 Å². The summed E-state index contributed by atoms with van der Waals surface area (Å²) in [5.74, 6) is 1.15. The van der Waals surface area contributed by atoms with Crippen molar-refractivity contribution in [2.45, 2.75) is 65.0 Å². The van der Waals surface area contributed by atoms with E-state index in [0.717, 1.165) is 36.3 Å². The summed E-state index contributed by atoms with van der Waals surface area (Å²) in [6, 6.07) is 9.59. The Labute approximate surface area is 188 Å². The molecular weight excluding hydrogens is 404 g/mol. The number of amides is 2. The predicted molar refractivity (Wildman–Crippen MR) is 122 cm³/mol. The van der Waals surface area contributed by atoms with Gasteiger partial charge in [-0.15, -0.1) is 0 Å². The van der Waals surface area contributed by atoms with Gasteiger partial charge in [0.25, 0.3) is 5.56 Å². The highest BCUT2D eigenvalue weighted by Gasteiger charge is 2.30. The third kappa shape index (κ3) is 4.92. The van der Waals surface area contributed by atoms with Crippen molar-refractivity contribution < 1.29 is 9.59 Å². The summed E-state index contributed by atoms with van der Waals surface area (Å²) in [6.45, 7) is 5.36. The summed E-state index contributed by atoms with van der Waals surface area (Å²) in [5, 5.41) is 3.00. The van der Waals surface area contributed by atoms with Crippen LogP contribution in [0.15, 0.2) is 35.1 Å². The fraction of sp³-hybridized carbons (Fsp3) is 0.520. The number of nitrogens with zero attached hydrogens (tertiary/aromatic N) is 3. The van der Waals surface area contributed by atoms with Gasteiger partial charge >= 0.3 is 0 Å². The van der Waals surface area contributed by atoms with Crippen LogP contribution in [0.2, 0.25) is 0 Å². The normalized spacial score (nSPS) is 17.6. The molecule has 4 rings (SSSR count). The second-order valence-corrected chi connectivity index (χ2v) is 9.30. The second kappa shape index (κ2) is 9.67. The Balaban J connectivity index is 1.52. The smallest absolute Gasteiger partial charge is 0.259 e. The van der Waals surface area contributed by atoms with E-state index in [9.17, 15) is 14.4 Å². The molecule has 0 radical (unpaired) electrons. The van der Waals surface area contributed by atoms with Crippen molar-refractivity contribution in [2.24, 2.45) is 5.92 Å². The molecule has 170 valence electrons. The maximum Gasteiger partial charge on any atom is 0.259 e. The van der Waals surface area contributed by atoms with Crippen molar-refractivity contribution in [3.05, 3.63) is 63.3 Å². The van der Waals surface area contributed by atoms with Gasteiger partial charge in [0.15, 0.2) is 0 Å². The zero-order valence-electron chi connectivity index (χ0n) is 19.0. The Morgan fingerprint density at radius 3 is 2.72 bits per heavy atom. The van der Waals surface area contributed by atoms with Crippen LogP contribution in [-0.2, 0) is 35.4 Å². The van der Waals surface area contributed by atoms with Crippen LogP contribution in [0.3, 0.4) is 0 Å². The van der Waals surface area contributed by atoms with Gasteiger partial charge in [0.1, 0.15) is 5.82 Å². The molecule has 7 nitrogen and oxygen atoms in total. The van der Waals surface area contributed by atoms with Crippen LogP contribution in [0.4, 0.5) is 0 Å². The minimum absolute atomic E-state index is 0.0174. The highest BCUT2D eigenvalue weighted by atomic mass is 16.2. The number of carbonyl (C=O) groups excluding carboxylic acids is 2. The van der Waals surface area contributed by atoms with Gasteiger partial charge in [0.2, 0.25) is 11.8 Å². The second-order valence-electron chi connectivity index (χ2n) is 9.30. The molecule has 0 saturated carbocycles. The van der Waals surface area contributed by atoms with Crippen molar-refractivity contribution in [3.8, 4) is 0 Å². The van der Waals surface area contributed by atoms with Gasteiger partial charge < -0.3 is 10.2 Å². The van der Waals surface area contributed by atoms with Crippen LogP contribution >= 0.6 is 0 Å². The Hall–Kier alpha value is -2.96. The lowest BCUT2D eigenvalue weighted by Gasteiger charge is -2.32. The Kier molecular flexibility index (Phi) is 6.72. The third-order valence-electron chi connectivity index (χ3n) is 6.32. The zero-order chi connectivity index (χ0) is 22.7. The molecule has 0 bridgehead atoms. The lowest BCUT2D eigenvalue weighted by atomic mass is 10.00.